The molecule has 0 saturated carbocycles. The molecule has 8 nitrogen and oxygen atoms in total. The Hall–Kier alpha value is -0.0300. The van der Waals surface area contributed by atoms with Crippen molar-refractivity contribution < 1.29 is 37.9 Å². The van der Waals surface area contributed by atoms with Gasteiger partial charge in [-0.15, -0.1) is 11.6 Å². The lowest BCUT2D eigenvalue weighted by atomic mass is 10.2. The molecule has 0 unspecified atom stereocenters. The minimum Gasteiger partial charge on any atom is -0.379 e. The van der Waals surface area contributed by atoms with Gasteiger partial charge in [-0.3, -0.25) is 0 Å². The van der Waals surface area contributed by atoms with E-state index in [1.807, 2.05) is 0 Å². The van der Waals surface area contributed by atoms with Gasteiger partial charge >= 0.3 is 0 Å². The highest BCUT2D eigenvalue weighted by atomic mass is 35.5. The fourth-order valence-corrected chi connectivity index (χ4v) is 3.11. The Balaban J connectivity index is 3.00. The number of ether oxygens (including phenoxy) is 8. The highest BCUT2D eigenvalue weighted by molar-refractivity contribution is 6.17. The lowest BCUT2D eigenvalue weighted by molar-refractivity contribution is -0.0232. The number of hydrogen-bond donors (Lipinski definition) is 0. The monoisotopic (exact) mass is 528 g/mol. The second kappa shape index (κ2) is 34.0. The average molecular weight is 529 g/mol. The highest BCUT2D eigenvalue weighted by Gasteiger charge is 1.96. The summed E-state index contributed by atoms with van der Waals surface area (Å²) in [4.78, 5) is 0. The third kappa shape index (κ3) is 34.0. The average Bonchev–Trinajstić information content (AvgIpc) is 2.87. The number of halogens is 1. The molecule has 35 heavy (non-hydrogen) atoms. The van der Waals surface area contributed by atoms with Crippen molar-refractivity contribution in [2.24, 2.45) is 0 Å². The van der Waals surface area contributed by atoms with Crippen molar-refractivity contribution in [1.82, 2.24) is 0 Å². The van der Waals surface area contributed by atoms with Gasteiger partial charge in [-0.25, -0.2) is 0 Å². The van der Waals surface area contributed by atoms with Crippen LogP contribution in [0.3, 0.4) is 0 Å². The molecule has 0 atom stereocenters. The topological polar surface area (TPSA) is 73.8 Å². The number of unbranched alkanes of at least 4 members (excludes halogenated alkanes) is 6. The second-order valence-electron chi connectivity index (χ2n) is 8.06. The third-order valence-electron chi connectivity index (χ3n) is 4.92. The van der Waals surface area contributed by atoms with Gasteiger partial charge in [0.1, 0.15) is 0 Å². The maximum absolute atomic E-state index is 5.64. The van der Waals surface area contributed by atoms with Crippen molar-refractivity contribution in [2.75, 3.05) is 112 Å². The summed E-state index contributed by atoms with van der Waals surface area (Å²) in [5, 5.41) is 0. The van der Waals surface area contributed by atoms with Crippen molar-refractivity contribution in [2.45, 2.75) is 58.3 Å². The van der Waals surface area contributed by atoms with Crippen LogP contribution in [0.2, 0.25) is 0 Å². The van der Waals surface area contributed by atoms with E-state index < -0.39 is 0 Å². The molecule has 0 rings (SSSR count). The molecule has 0 heterocycles. The van der Waals surface area contributed by atoms with E-state index in [2.05, 4.69) is 6.92 Å². The Morgan fingerprint density at radius 2 is 0.571 bits per heavy atom. The second-order valence-corrected chi connectivity index (χ2v) is 8.44. The van der Waals surface area contributed by atoms with Gasteiger partial charge in [0, 0.05) is 19.1 Å². The van der Waals surface area contributed by atoms with Gasteiger partial charge in [-0.05, 0) is 19.3 Å². The molecule has 0 fully saturated rings. The van der Waals surface area contributed by atoms with Gasteiger partial charge in [0.15, 0.2) is 0 Å². The van der Waals surface area contributed by atoms with E-state index >= 15 is 0 Å². The van der Waals surface area contributed by atoms with E-state index in [4.69, 9.17) is 49.5 Å². The van der Waals surface area contributed by atoms with E-state index in [9.17, 15) is 0 Å². The summed E-state index contributed by atoms with van der Waals surface area (Å²) in [5.74, 6) is 0.751. The van der Waals surface area contributed by atoms with Crippen LogP contribution in [-0.2, 0) is 37.9 Å². The van der Waals surface area contributed by atoms with Crippen LogP contribution in [0.25, 0.3) is 0 Å². The van der Waals surface area contributed by atoms with Gasteiger partial charge in [0.2, 0.25) is 0 Å². The first-order valence-electron chi connectivity index (χ1n) is 13.6. The van der Waals surface area contributed by atoms with E-state index in [-0.39, 0.29) is 0 Å². The summed E-state index contributed by atoms with van der Waals surface area (Å²) in [7, 11) is 0. The molecule has 0 spiro atoms. The van der Waals surface area contributed by atoms with Gasteiger partial charge in [0.25, 0.3) is 0 Å². The maximum atomic E-state index is 5.64. The van der Waals surface area contributed by atoms with Crippen molar-refractivity contribution in [3.63, 3.8) is 0 Å². The lowest BCUT2D eigenvalue weighted by Gasteiger charge is -2.08. The molecular formula is C26H53ClO8. The highest BCUT2D eigenvalue weighted by Crippen LogP contribution is 2.01. The summed E-state index contributed by atoms with van der Waals surface area (Å²) in [6.45, 7) is 11.9. The van der Waals surface area contributed by atoms with E-state index in [1.165, 1.54) is 32.1 Å². The van der Waals surface area contributed by atoms with E-state index in [0.717, 1.165) is 38.4 Å². The molecule has 0 aromatic heterocycles. The molecule has 0 aliphatic carbocycles. The van der Waals surface area contributed by atoms with Crippen LogP contribution in [0.5, 0.6) is 0 Å². The maximum Gasteiger partial charge on any atom is 0.0701 e. The van der Waals surface area contributed by atoms with Crippen molar-refractivity contribution >= 4 is 11.6 Å². The lowest BCUT2D eigenvalue weighted by Crippen LogP contribution is -2.15. The van der Waals surface area contributed by atoms with E-state index in [0.29, 0.717) is 92.5 Å². The zero-order valence-electron chi connectivity index (χ0n) is 22.3. The predicted octanol–water partition coefficient (Wildman–Crippen LogP) is 4.50. The third-order valence-corrected chi connectivity index (χ3v) is 5.19. The fourth-order valence-electron chi connectivity index (χ4n) is 2.92. The van der Waals surface area contributed by atoms with Crippen LogP contribution >= 0.6 is 11.6 Å². The first kappa shape index (κ1) is 35.0. The molecule has 0 aromatic rings. The van der Waals surface area contributed by atoms with Gasteiger partial charge in [0.05, 0.1) is 92.5 Å². The Kier molecular flexibility index (Phi) is 33.9. The minimum atomic E-state index is 0.546. The number of rotatable bonds is 32. The summed E-state index contributed by atoms with van der Waals surface area (Å²) in [5.41, 5.74) is 0. The molecular weight excluding hydrogens is 476 g/mol. The van der Waals surface area contributed by atoms with Crippen LogP contribution < -0.4 is 0 Å². The molecule has 0 amide bonds. The summed E-state index contributed by atoms with van der Waals surface area (Å²) in [6.07, 6.45) is 9.46. The van der Waals surface area contributed by atoms with Crippen LogP contribution in [0.15, 0.2) is 0 Å². The van der Waals surface area contributed by atoms with Crippen molar-refractivity contribution in [3.8, 4) is 0 Å². The van der Waals surface area contributed by atoms with Gasteiger partial charge < -0.3 is 37.9 Å². The van der Waals surface area contributed by atoms with Crippen LogP contribution in [0.1, 0.15) is 58.3 Å². The molecule has 0 N–H and O–H groups in total. The molecule has 9 heteroatoms. The Bertz CT molecular complexity index is 334. The van der Waals surface area contributed by atoms with Crippen LogP contribution in [0.4, 0.5) is 0 Å². The van der Waals surface area contributed by atoms with Crippen molar-refractivity contribution in [3.05, 3.63) is 0 Å². The van der Waals surface area contributed by atoms with Gasteiger partial charge in [-0.1, -0.05) is 39.0 Å². The van der Waals surface area contributed by atoms with E-state index in [1.54, 1.807) is 0 Å². The van der Waals surface area contributed by atoms with Crippen LogP contribution in [0, 0.1) is 0 Å². The first-order chi connectivity index (χ1) is 17.4. The Morgan fingerprint density at radius 1 is 0.314 bits per heavy atom. The van der Waals surface area contributed by atoms with Crippen LogP contribution in [-0.4, -0.2) is 112 Å². The molecule has 0 saturated heterocycles. The van der Waals surface area contributed by atoms with Gasteiger partial charge in [-0.2, -0.15) is 0 Å². The minimum absolute atomic E-state index is 0.546. The molecule has 0 bridgehead atoms. The quantitative estimate of drug-likeness (QED) is 0.0933. The SMILES string of the molecule is CCCCCCOCCOCCOCCOCCOCCOCCOCCOCCCCCCCl. The zero-order valence-corrected chi connectivity index (χ0v) is 23.1. The van der Waals surface area contributed by atoms with Crippen molar-refractivity contribution in [1.29, 1.82) is 0 Å². The molecule has 0 radical (unpaired) electrons. The first-order valence-corrected chi connectivity index (χ1v) is 14.1. The molecule has 0 aromatic carbocycles. The normalized spacial score (nSPS) is 11.5. The Labute approximate surface area is 219 Å². The Morgan fingerprint density at radius 3 is 0.857 bits per heavy atom. The molecule has 212 valence electrons. The smallest absolute Gasteiger partial charge is 0.0701 e. The molecule has 0 aliphatic heterocycles. The molecule has 0 aliphatic rings. The summed E-state index contributed by atoms with van der Waals surface area (Å²) >= 11 is 5.64. The largest absolute Gasteiger partial charge is 0.379 e. The standard InChI is InChI=1S/C26H53ClO8/c1-2-3-4-8-11-28-13-15-30-17-19-32-21-23-34-25-26-35-24-22-33-20-18-31-16-14-29-12-9-6-5-7-10-27/h2-26H2,1H3. The number of hydrogen-bond acceptors (Lipinski definition) is 8. The summed E-state index contributed by atoms with van der Waals surface area (Å²) in [6, 6.07) is 0. The summed E-state index contributed by atoms with van der Waals surface area (Å²) < 4.78 is 43.8. The number of alkyl halides is 1. The zero-order chi connectivity index (χ0) is 25.3. The predicted molar refractivity (Wildman–Crippen MR) is 140 cm³/mol. The fraction of sp³-hybridized carbons (Fsp3) is 1.00.